The van der Waals surface area contributed by atoms with Gasteiger partial charge in [-0.3, -0.25) is 0 Å². The summed E-state index contributed by atoms with van der Waals surface area (Å²) in [7, 11) is 0. The van der Waals surface area contributed by atoms with E-state index in [0.717, 1.165) is 29.4 Å². The fraction of sp³-hybridized carbons (Fsp3) is 0.381. The Morgan fingerprint density at radius 3 is 2.59 bits per heavy atom. The van der Waals surface area contributed by atoms with E-state index in [-0.39, 0.29) is 0 Å². The maximum atomic E-state index is 10.9. The van der Waals surface area contributed by atoms with Crippen molar-refractivity contribution < 1.29 is 5.11 Å². The average Bonchev–Trinajstić information content (AvgIpc) is 3.13. The van der Waals surface area contributed by atoms with Crippen LogP contribution in [0.1, 0.15) is 50.8 Å². The lowest BCUT2D eigenvalue weighted by Gasteiger charge is -2.26. The Morgan fingerprint density at radius 2 is 1.81 bits per heavy atom. The minimum atomic E-state index is -0.617. The number of thiocarbonyl (C=S) groups is 1. The Morgan fingerprint density at radius 1 is 1.07 bits per heavy atom. The van der Waals surface area contributed by atoms with Gasteiger partial charge in [-0.05, 0) is 18.6 Å². The number of benzene rings is 2. The number of rotatable bonds is 9. The van der Waals surface area contributed by atoms with Crippen LogP contribution in [0, 0.1) is 0 Å². The maximum Gasteiger partial charge on any atom is 0.149 e. The van der Waals surface area contributed by atoms with Gasteiger partial charge in [0.25, 0.3) is 0 Å². The van der Waals surface area contributed by atoms with Gasteiger partial charge in [-0.25, -0.2) is 4.68 Å². The first-order chi connectivity index (χ1) is 13.2. The molecular weight excluding hydrogens is 356 g/mol. The highest BCUT2D eigenvalue weighted by atomic mass is 32.1. The predicted molar refractivity (Wildman–Crippen MR) is 113 cm³/mol. The molecule has 0 amide bonds. The van der Waals surface area contributed by atoms with Crippen molar-refractivity contribution in [3.63, 3.8) is 0 Å². The number of hydrogen-bond acceptors (Lipinski definition) is 4. The number of fused-ring (bicyclic) bond motifs is 1. The summed E-state index contributed by atoms with van der Waals surface area (Å²) >= 11 is 5.58. The molecule has 0 saturated heterocycles. The number of aromatic nitrogens is 3. The van der Waals surface area contributed by atoms with E-state index in [4.69, 9.17) is 12.2 Å². The van der Waals surface area contributed by atoms with E-state index in [1.165, 1.54) is 12.8 Å². The summed E-state index contributed by atoms with van der Waals surface area (Å²) in [4.78, 5) is 0.591. The van der Waals surface area contributed by atoms with Crippen LogP contribution >= 0.6 is 12.2 Å². The molecule has 2 N–H and O–H groups in total. The van der Waals surface area contributed by atoms with E-state index in [2.05, 4.69) is 22.6 Å². The van der Waals surface area contributed by atoms with Crippen LogP contribution in [0.15, 0.2) is 54.6 Å². The van der Waals surface area contributed by atoms with E-state index in [1.54, 1.807) is 4.68 Å². The summed E-state index contributed by atoms with van der Waals surface area (Å²) in [5, 5.41) is 22.8. The number of nitrogens with one attached hydrogen (secondary N) is 1. The molecule has 142 valence electrons. The van der Waals surface area contributed by atoms with Crippen molar-refractivity contribution in [1.82, 2.24) is 20.3 Å². The minimum absolute atomic E-state index is 0.466. The first-order valence-corrected chi connectivity index (χ1v) is 9.95. The van der Waals surface area contributed by atoms with E-state index < -0.39 is 12.3 Å². The maximum absolute atomic E-state index is 10.9. The zero-order valence-electron chi connectivity index (χ0n) is 15.6. The Kier molecular flexibility index (Phi) is 6.90. The van der Waals surface area contributed by atoms with Crippen LogP contribution in [-0.4, -0.2) is 31.2 Å². The molecular formula is C21H26N4OS. The van der Waals surface area contributed by atoms with Gasteiger partial charge in [-0.1, -0.05) is 92.5 Å². The van der Waals surface area contributed by atoms with Gasteiger partial charge in [0.05, 0.1) is 11.6 Å². The van der Waals surface area contributed by atoms with Gasteiger partial charge < -0.3 is 10.4 Å². The van der Waals surface area contributed by atoms with Crippen LogP contribution < -0.4 is 5.32 Å². The van der Waals surface area contributed by atoms with Crippen molar-refractivity contribution >= 4 is 28.2 Å². The van der Waals surface area contributed by atoms with Gasteiger partial charge in [0.1, 0.15) is 16.7 Å². The predicted octanol–water partition coefficient (Wildman–Crippen LogP) is 4.23. The lowest BCUT2D eigenvalue weighted by molar-refractivity contribution is 0.0884. The highest BCUT2D eigenvalue weighted by Gasteiger charge is 2.24. The monoisotopic (exact) mass is 382 g/mol. The number of para-hydroxylation sites is 1. The zero-order valence-corrected chi connectivity index (χ0v) is 16.4. The summed E-state index contributed by atoms with van der Waals surface area (Å²) < 4.78 is 1.75. The summed E-state index contributed by atoms with van der Waals surface area (Å²) in [5.74, 6) is 0. The number of aliphatic hydroxyl groups excluding tert-OH is 1. The molecule has 1 heterocycles. The molecule has 2 unspecified atom stereocenters. The van der Waals surface area contributed by atoms with Gasteiger partial charge in [0.2, 0.25) is 0 Å². The highest BCUT2D eigenvalue weighted by Crippen LogP contribution is 2.20. The van der Waals surface area contributed by atoms with Crippen LogP contribution in [0.4, 0.5) is 0 Å². The van der Waals surface area contributed by atoms with Crippen molar-refractivity contribution in [1.29, 1.82) is 0 Å². The molecule has 0 bridgehead atoms. The fourth-order valence-electron chi connectivity index (χ4n) is 3.16. The second-order valence-corrected chi connectivity index (χ2v) is 7.13. The highest BCUT2D eigenvalue weighted by molar-refractivity contribution is 7.80. The SMILES string of the molecule is CCCCCCC(O)C(NC(=S)c1ccccc1)n1nnc2ccccc21. The first-order valence-electron chi connectivity index (χ1n) is 9.54. The summed E-state index contributed by atoms with van der Waals surface area (Å²) in [6.45, 7) is 2.18. The van der Waals surface area contributed by atoms with Gasteiger partial charge in [-0.15, -0.1) is 5.10 Å². The van der Waals surface area contributed by atoms with E-state index in [1.807, 2.05) is 54.6 Å². The standard InChI is InChI=1S/C21H26N4OS/c1-2-3-4-8-15-19(26)20(22-21(27)16-11-6-5-7-12-16)25-18-14-10-9-13-17(18)23-24-25/h5-7,9-14,19-20,26H,2-4,8,15H2,1H3,(H,22,27). The van der Waals surface area contributed by atoms with Gasteiger partial charge in [0.15, 0.2) is 0 Å². The molecule has 0 aliphatic carbocycles. The van der Waals surface area contributed by atoms with Crippen molar-refractivity contribution in [3.8, 4) is 0 Å². The molecule has 27 heavy (non-hydrogen) atoms. The summed E-state index contributed by atoms with van der Waals surface area (Å²) in [6.07, 6.45) is 4.03. The average molecular weight is 383 g/mol. The Balaban J connectivity index is 1.83. The van der Waals surface area contributed by atoms with E-state index in [9.17, 15) is 5.11 Å². The number of nitrogens with zero attached hydrogens (tertiary/aromatic N) is 3. The quantitative estimate of drug-likeness (QED) is 0.428. The first kappa shape index (κ1) is 19.5. The molecule has 0 aliphatic heterocycles. The topological polar surface area (TPSA) is 63.0 Å². The number of aliphatic hydroxyl groups is 1. The van der Waals surface area contributed by atoms with Crippen molar-refractivity contribution in [2.45, 2.75) is 51.3 Å². The zero-order chi connectivity index (χ0) is 19.1. The second-order valence-electron chi connectivity index (χ2n) is 6.72. The summed E-state index contributed by atoms with van der Waals surface area (Å²) in [6, 6.07) is 17.5. The molecule has 0 fully saturated rings. The molecule has 6 heteroatoms. The third kappa shape index (κ3) is 4.90. The van der Waals surface area contributed by atoms with Gasteiger partial charge in [-0.2, -0.15) is 0 Å². The van der Waals surface area contributed by atoms with Crippen LogP contribution in [-0.2, 0) is 0 Å². The third-order valence-corrected chi connectivity index (χ3v) is 5.03. The molecule has 1 aromatic heterocycles. The molecule has 0 aliphatic rings. The molecule has 0 saturated carbocycles. The molecule has 0 radical (unpaired) electrons. The largest absolute Gasteiger partial charge is 0.389 e. The smallest absolute Gasteiger partial charge is 0.149 e. The minimum Gasteiger partial charge on any atom is -0.389 e. The number of hydrogen-bond donors (Lipinski definition) is 2. The molecule has 3 aromatic rings. The molecule has 2 aromatic carbocycles. The fourth-order valence-corrected chi connectivity index (χ4v) is 3.41. The number of unbranched alkanes of at least 4 members (excludes halogenated alkanes) is 3. The summed E-state index contributed by atoms with van der Waals surface area (Å²) in [5.41, 5.74) is 2.59. The molecule has 0 spiro atoms. The Labute approximate surface area is 165 Å². The third-order valence-electron chi connectivity index (χ3n) is 4.67. The van der Waals surface area contributed by atoms with Crippen LogP contribution in [0.3, 0.4) is 0 Å². The van der Waals surface area contributed by atoms with Crippen LogP contribution in [0.2, 0.25) is 0 Å². The Bertz CT molecular complexity index is 865. The van der Waals surface area contributed by atoms with Crippen LogP contribution in [0.25, 0.3) is 11.0 Å². The lowest BCUT2D eigenvalue weighted by Crippen LogP contribution is -2.40. The van der Waals surface area contributed by atoms with Gasteiger partial charge >= 0.3 is 0 Å². The normalized spacial score (nSPS) is 13.4. The Hall–Kier alpha value is -2.31. The van der Waals surface area contributed by atoms with E-state index >= 15 is 0 Å². The molecule has 3 rings (SSSR count). The molecule has 2 atom stereocenters. The molecule has 5 nitrogen and oxygen atoms in total. The second kappa shape index (κ2) is 9.58. The van der Waals surface area contributed by atoms with Gasteiger partial charge in [0, 0.05) is 5.56 Å². The van der Waals surface area contributed by atoms with Crippen LogP contribution in [0.5, 0.6) is 0 Å². The lowest BCUT2D eigenvalue weighted by atomic mass is 10.1. The van der Waals surface area contributed by atoms with Crippen molar-refractivity contribution in [2.75, 3.05) is 0 Å². The van der Waals surface area contributed by atoms with Crippen molar-refractivity contribution in [2.24, 2.45) is 0 Å². The van der Waals surface area contributed by atoms with Crippen molar-refractivity contribution in [3.05, 3.63) is 60.2 Å². The van der Waals surface area contributed by atoms with E-state index in [0.29, 0.717) is 11.4 Å².